The summed E-state index contributed by atoms with van der Waals surface area (Å²) in [5.74, 6) is 1.09. The first-order valence-corrected chi connectivity index (χ1v) is 9.29. The van der Waals surface area contributed by atoms with E-state index in [0.29, 0.717) is 16.8 Å². The molecule has 1 aromatic rings. The molecule has 2 N–H and O–H groups in total. The van der Waals surface area contributed by atoms with E-state index in [1.165, 1.54) is 63.2 Å². The van der Waals surface area contributed by atoms with Gasteiger partial charge in [-0.2, -0.15) is 5.10 Å². The summed E-state index contributed by atoms with van der Waals surface area (Å²) in [4.78, 5) is 18.5. The summed E-state index contributed by atoms with van der Waals surface area (Å²) in [5.41, 5.74) is 0. The molecule has 2 heterocycles. The molecule has 2 fully saturated rings. The van der Waals surface area contributed by atoms with Crippen LogP contribution in [0.25, 0.3) is 0 Å². The average molecular weight is 323 g/mol. The largest absolute Gasteiger partial charge is 0.355 e. The number of nitrogens with one attached hydrogen (secondary N) is 2. The van der Waals surface area contributed by atoms with Gasteiger partial charge < -0.3 is 10.2 Å². The number of rotatable bonds is 6. The quantitative estimate of drug-likeness (QED) is 0.779. The lowest BCUT2D eigenvalue weighted by Crippen LogP contribution is -2.36. The zero-order chi connectivity index (χ0) is 15.2. The maximum atomic E-state index is 11.9. The Bertz CT molecular complexity index is 461. The van der Waals surface area contributed by atoms with Crippen molar-refractivity contribution in [3.8, 4) is 0 Å². The second-order valence-corrected chi connectivity index (χ2v) is 7.29. The summed E-state index contributed by atoms with van der Waals surface area (Å²) >= 11 is 1.39. The lowest BCUT2D eigenvalue weighted by Gasteiger charge is -2.31. The molecule has 0 unspecified atom stereocenters. The maximum absolute atomic E-state index is 11.9. The number of hydrogen-bond acceptors (Lipinski definition) is 5. The highest BCUT2D eigenvalue weighted by Crippen LogP contribution is 2.27. The number of amides is 1. The van der Waals surface area contributed by atoms with Crippen LogP contribution in [-0.2, 0) is 4.79 Å². The standard InChI is InChI=1S/C15H25N5OS/c21-14(10-22-15-17-11-18-19-15)16-8-12-6-7-20(9-12)13-4-2-1-3-5-13/h11-13H,1-10H2,(H,16,21)(H,17,18,19)/t12-/m0/s1. The van der Waals surface area contributed by atoms with Gasteiger partial charge in [-0.15, -0.1) is 0 Å². The summed E-state index contributed by atoms with van der Waals surface area (Å²) < 4.78 is 0. The van der Waals surface area contributed by atoms with Gasteiger partial charge in [-0.25, -0.2) is 4.98 Å². The second kappa shape index (κ2) is 7.97. The molecule has 0 bridgehead atoms. The van der Waals surface area contributed by atoms with Crippen LogP contribution in [-0.4, -0.2) is 57.4 Å². The number of carbonyl (C=O) groups is 1. The number of carbonyl (C=O) groups excluding carboxylic acids is 1. The Morgan fingerprint density at radius 3 is 3.00 bits per heavy atom. The van der Waals surface area contributed by atoms with Crippen molar-refractivity contribution < 1.29 is 4.79 Å². The van der Waals surface area contributed by atoms with Crippen molar-refractivity contribution in [2.45, 2.75) is 49.7 Å². The molecule has 7 heteroatoms. The van der Waals surface area contributed by atoms with Gasteiger partial charge in [-0.3, -0.25) is 9.89 Å². The average Bonchev–Trinajstić information content (AvgIpc) is 3.23. The van der Waals surface area contributed by atoms with E-state index < -0.39 is 0 Å². The first-order chi connectivity index (χ1) is 10.8. The van der Waals surface area contributed by atoms with Crippen LogP contribution in [0.1, 0.15) is 38.5 Å². The van der Waals surface area contributed by atoms with Crippen molar-refractivity contribution in [2.75, 3.05) is 25.4 Å². The van der Waals surface area contributed by atoms with E-state index in [9.17, 15) is 4.79 Å². The Kier molecular flexibility index (Phi) is 5.72. The van der Waals surface area contributed by atoms with E-state index in [1.54, 1.807) is 0 Å². The van der Waals surface area contributed by atoms with Gasteiger partial charge in [-0.05, 0) is 31.7 Å². The molecule has 22 heavy (non-hydrogen) atoms. The van der Waals surface area contributed by atoms with Crippen LogP contribution >= 0.6 is 11.8 Å². The van der Waals surface area contributed by atoms with Gasteiger partial charge in [0.15, 0.2) is 5.16 Å². The Labute approximate surface area is 135 Å². The third-order valence-corrected chi connectivity index (χ3v) is 5.61. The third kappa shape index (κ3) is 4.46. The lowest BCUT2D eigenvalue weighted by atomic mass is 9.94. The Morgan fingerprint density at radius 1 is 1.36 bits per heavy atom. The van der Waals surface area contributed by atoms with Crippen LogP contribution in [0.2, 0.25) is 0 Å². The van der Waals surface area contributed by atoms with E-state index >= 15 is 0 Å². The highest BCUT2D eigenvalue weighted by atomic mass is 32.2. The fourth-order valence-electron chi connectivity index (χ4n) is 3.51. The van der Waals surface area contributed by atoms with Crippen LogP contribution in [0.3, 0.4) is 0 Å². The highest BCUT2D eigenvalue weighted by molar-refractivity contribution is 7.99. The van der Waals surface area contributed by atoms with Crippen LogP contribution in [0.15, 0.2) is 11.5 Å². The van der Waals surface area contributed by atoms with E-state index in [0.717, 1.165) is 19.1 Å². The molecule has 1 aliphatic carbocycles. The van der Waals surface area contributed by atoms with Gasteiger partial charge >= 0.3 is 0 Å². The fraction of sp³-hybridized carbons (Fsp3) is 0.800. The van der Waals surface area contributed by atoms with E-state index in [2.05, 4.69) is 25.4 Å². The number of H-pyrrole nitrogens is 1. The molecular weight excluding hydrogens is 298 g/mol. The van der Waals surface area contributed by atoms with Crippen molar-refractivity contribution in [2.24, 2.45) is 5.92 Å². The number of hydrogen-bond donors (Lipinski definition) is 2. The second-order valence-electron chi connectivity index (χ2n) is 6.32. The summed E-state index contributed by atoms with van der Waals surface area (Å²) in [6.07, 6.45) is 9.60. The Balaban J connectivity index is 1.33. The van der Waals surface area contributed by atoms with Crippen molar-refractivity contribution in [3.05, 3.63) is 6.33 Å². The number of likely N-dealkylation sites (tertiary alicyclic amines) is 1. The molecule has 1 saturated carbocycles. The van der Waals surface area contributed by atoms with Crippen molar-refractivity contribution >= 4 is 17.7 Å². The van der Waals surface area contributed by atoms with Gasteiger partial charge in [0.05, 0.1) is 5.75 Å². The molecule has 2 aliphatic rings. The summed E-state index contributed by atoms with van der Waals surface area (Å²) in [6, 6.07) is 0.802. The van der Waals surface area contributed by atoms with Crippen molar-refractivity contribution in [1.82, 2.24) is 25.4 Å². The summed E-state index contributed by atoms with van der Waals surface area (Å²) in [6.45, 7) is 3.16. The number of aromatic nitrogens is 3. The van der Waals surface area contributed by atoms with Gasteiger partial charge in [0.25, 0.3) is 0 Å². The predicted octanol–water partition coefficient (Wildman–Crippen LogP) is 1.67. The normalized spacial score (nSPS) is 23.7. The molecule has 1 aromatic heterocycles. The monoisotopic (exact) mass is 323 g/mol. The molecule has 122 valence electrons. The summed E-state index contributed by atoms with van der Waals surface area (Å²) in [7, 11) is 0. The Hall–Kier alpha value is -1.08. The van der Waals surface area contributed by atoms with Crippen molar-refractivity contribution in [3.63, 3.8) is 0 Å². The minimum atomic E-state index is 0.0810. The summed E-state index contributed by atoms with van der Waals surface area (Å²) in [5, 5.41) is 10.3. The number of aromatic amines is 1. The topological polar surface area (TPSA) is 73.9 Å². The van der Waals surface area contributed by atoms with Crippen LogP contribution in [0.4, 0.5) is 0 Å². The molecule has 1 aliphatic heterocycles. The zero-order valence-electron chi connectivity index (χ0n) is 13.0. The van der Waals surface area contributed by atoms with Gasteiger partial charge in [0.2, 0.25) is 5.91 Å². The molecule has 3 rings (SSSR count). The fourth-order valence-corrected chi connectivity index (χ4v) is 4.12. The van der Waals surface area contributed by atoms with E-state index in [-0.39, 0.29) is 5.91 Å². The van der Waals surface area contributed by atoms with Crippen molar-refractivity contribution in [1.29, 1.82) is 0 Å². The van der Waals surface area contributed by atoms with Gasteiger partial charge in [0, 0.05) is 19.1 Å². The maximum Gasteiger partial charge on any atom is 0.230 e. The lowest BCUT2D eigenvalue weighted by molar-refractivity contribution is -0.118. The smallest absolute Gasteiger partial charge is 0.230 e. The minimum absolute atomic E-state index is 0.0810. The van der Waals surface area contributed by atoms with Crippen LogP contribution in [0.5, 0.6) is 0 Å². The Morgan fingerprint density at radius 2 is 2.23 bits per heavy atom. The molecule has 1 atom stereocenters. The molecule has 1 saturated heterocycles. The minimum Gasteiger partial charge on any atom is -0.355 e. The number of thioether (sulfide) groups is 1. The third-order valence-electron chi connectivity index (χ3n) is 4.73. The predicted molar refractivity (Wildman–Crippen MR) is 86.7 cm³/mol. The van der Waals surface area contributed by atoms with Crippen LogP contribution < -0.4 is 5.32 Å². The molecular formula is C15H25N5OS. The molecule has 1 amide bonds. The zero-order valence-corrected chi connectivity index (χ0v) is 13.8. The highest BCUT2D eigenvalue weighted by Gasteiger charge is 2.29. The van der Waals surface area contributed by atoms with E-state index in [1.807, 2.05) is 0 Å². The molecule has 0 radical (unpaired) electrons. The SMILES string of the molecule is O=C(CSc1ncn[nH]1)NC[C@@H]1CCN(C2CCCCC2)C1. The van der Waals surface area contributed by atoms with Gasteiger partial charge in [0.1, 0.15) is 6.33 Å². The first kappa shape index (κ1) is 15.8. The molecule has 0 spiro atoms. The van der Waals surface area contributed by atoms with E-state index in [4.69, 9.17) is 0 Å². The molecule has 0 aromatic carbocycles. The van der Waals surface area contributed by atoms with Gasteiger partial charge in [-0.1, -0.05) is 31.0 Å². The number of nitrogens with zero attached hydrogens (tertiary/aromatic N) is 3. The van der Waals surface area contributed by atoms with Crippen LogP contribution in [0, 0.1) is 5.92 Å². The molecule has 6 nitrogen and oxygen atoms in total. The first-order valence-electron chi connectivity index (χ1n) is 8.30.